The van der Waals surface area contributed by atoms with Crippen molar-refractivity contribution in [3.63, 3.8) is 0 Å². The third kappa shape index (κ3) is 6.18. The van der Waals surface area contributed by atoms with Crippen LogP contribution in [0, 0.1) is 0 Å². The summed E-state index contributed by atoms with van der Waals surface area (Å²) < 4.78 is 49.8. The summed E-state index contributed by atoms with van der Waals surface area (Å²) >= 11 is 0. The molecule has 0 heterocycles. The summed E-state index contributed by atoms with van der Waals surface area (Å²) in [6, 6.07) is 5.45. The van der Waals surface area contributed by atoms with Crippen LogP contribution < -0.4 is 5.73 Å². The highest BCUT2D eigenvalue weighted by atomic mass is 32.2. The van der Waals surface area contributed by atoms with E-state index in [0.717, 1.165) is 10.8 Å². The molecule has 0 atom stereocenters. The van der Waals surface area contributed by atoms with Crippen LogP contribution in [0.4, 0.5) is 5.69 Å². The second-order valence-corrected chi connectivity index (χ2v) is 6.24. The average Bonchev–Trinajstić information content (AvgIpc) is 2.29. The van der Waals surface area contributed by atoms with Crippen LogP contribution in [0.25, 0.3) is 0 Å². The minimum atomic E-state index is -4.11. The molecule has 0 saturated heterocycles. The van der Waals surface area contributed by atoms with Crippen molar-refractivity contribution in [2.75, 3.05) is 5.73 Å². The van der Waals surface area contributed by atoms with Gasteiger partial charge in [0.1, 0.15) is 0 Å². The maximum atomic E-state index is 10.5. The Morgan fingerprint density at radius 2 is 1.61 bits per heavy atom. The van der Waals surface area contributed by atoms with Crippen molar-refractivity contribution in [1.82, 2.24) is 0 Å². The largest absolute Gasteiger partial charge is 0.399 e. The standard InChI is InChI=1S/C6H7NO3S.C4H6O2S/c7-5-2-1-3-6(4-5)11(8,9)10;1-3-7(5,6)4-2/h1-4H,7H2,(H,8,9,10);3-4H,1-2H2. The molecule has 0 aliphatic rings. The van der Waals surface area contributed by atoms with E-state index in [9.17, 15) is 16.8 Å². The number of sulfone groups is 1. The van der Waals surface area contributed by atoms with E-state index in [1.54, 1.807) is 0 Å². The fourth-order valence-corrected chi connectivity index (χ4v) is 1.41. The molecule has 1 rings (SSSR count). The molecule has 0 fully saturated rings. The first-order valence-electron chi connectivity index (χ1n) is 4.45. The molecule has 1 aromatic carbocycles. The molecule has 18 heavy (non-hydrogen) atoms. The van der Waals surface area contributed by atoms with Gasteiger partial charge in [0.25, 0.3) is 10.1 Å². The van der Waals surface area contributed by atoms with Crippen molar-refractivity contribution < 1.29 is 21.4 Å². The molecule has 0 bridgehead atoms. The van der Waals surface area contributed by atoms with Gasteiger partial charge in [-0.2, -0.15) is 8.42 Å². The van der Waals surface area contributed by atoms with Crippen molar-refractivity contribution in [3.8, 4) is 0 Å². The summed E-state index contributed by atoms with van der Waals surface area (Å²) in [5.41, 5.74) is 5.59. The Morgan fingerprint density at radius 1 is 1.11 bits per heavy atom. The van der Waals surface area contributed by atoms with Crippen LogP contribution in [-0.4, -0.2) is 21.4 Å². The zero-order chi connectivity index (χ0) is 14.4. The lowest BCUT2D eigenvalue weighted by atomic mass is 10.3. The van der Waals surface area contributed by atoms with E-state index >= 15 is 0 Å². The molecule has 8 heteroatoms. The van der Waals surface area contributed by atoms with E-state index in [2.05, 4.69) is 13.2 Å². The number of anilines is 1. The Labute approximate surface area is 106 Å². The monoisotopic (exact) mass is 291 g/mol. The van der Waals surface area contributed by atoms with Gasteiger partial charge in [0.2, 0.25) is 0 Å². The lowest BCUT2D eigenvalue weighted by Gasteiger charge is -1.96. The minimum Gasteiger partial charge on any atom is -0.399 e. The number of rotatable bonds is 3. The van der Waals surface area contributed by atoms with Gasteiger partial charge in [-0.25, -0.2) is 8.42 Å². The summed E-state index contributed by atoms with van der Waals surface area (Å²) in [5.74, 6) is 0. The van der Waals surface area contributed by atoms with Crippen LogP contribution in [0.5, 0.6) is 0 Å². The fraction of sp³-hybridized carbons (Fsp3) is 0. The van der Waals surface area contributed by atoms with Gasteiger partial charge in [-0.1, -0.05) is 19.2 Å². The molecule has 0 aliphatic carbocycles. The van der Waals surface area contributed by atoms with E-state index in [1.807, 2.05) is 0 Å². The molecule has 0 aromatic heterocycles. The molecule has 1 aromatic rings. The van der Waals surface area contributed by atoms with Crippen LogP contribution in [-0.2, 0) is 20.0 Å². The molecule has 0 radical (unpaired) electrons. The number of nitrogens with two attached hydrogens (primary N) is 1. The number of nitrogen functional groups attached to an aromatic ring is 1. The number of benzene rings is 1. The molecule has 0 unspecified atom stereocenters. The molecule has 0 aliphatic heterocycles. The lowest BCUT2D eigenvalue weighted by Crippen LogP contribution is -1.98. The normalized spacial score (nSPS) is 10.9. The Hall–Kier alpha value is -1.64. The van der Waals surface area contributed by atoms with E-state index in [4.69, 9.17) is 10.3 Å². The lowest BCUT2D eigenvalue weighted by molar-refractivity contribution is 0.483. The van der Waals surface area contributed by atoms with E-state index in [-0.39, 0.29) is 4.90 Å². The number of hydrogen-bond donors (Lipinski definition) is 2. The smallest absolute Gasteiger partial charge is 0.294 e. The van der Waals surface area contributed by atoms with Crippen molar-refractivity contribution >= 4 is 25.6 Å². The Bertz CT molecular complexity index is 618. The van der Waals surface area contributed by atoms with Gasteiger partial charge in [0, 0.05) is 16.5 Å². The van der Waals surface area contributed by atoms with Crippen LogP contribution in [0.3, 0.4) is 0 Å². The highest BCUT2D eigenvalue weighted by molar-refractivity contribution is 7.97. The minimum absolute atomic E-state index is 0.183. The van der Waals surface area contributed by atoms with E-state index < -0.39 is 20.0 Å². The van der Waals surface area contributed by atoms with Crippen LogP contribution in [0.2, 0.25) is 0 Å². The molecular formula is C10H13NO5S2. The van der Waals surface area contributed by atoms with Gasteiger partial charge in [-0.15, -0.1) is 0 Å². The molecule has 3 N–H and O–H groups in total. The maximum Gasteiger partial charge on any atom is 0.294 e. The molecule has 100 valence electrons. The summed E-state index contributed by atoms with van der Waals surface area (Å²) in [6.45, 7) is 6.09. The van der Waals surface area contributed by atoms with Crippen LogP contribution in [0.1, 0.15) is 0 Å². The summed E-state index contributed by atoms with van der Waals surface area (Å²) in [5, 5.41) is 1.69. The van der Waals surface area contributed by atoms with Crippen molar-refractivity contribution in [1.29, 1.82) is 0 Å². The van der Waals surface area contributed by atoms with E-state index in [1.165, 1.54) is 24.3 Å². The third-order valence-corrected chi connectivity index (χ3v) is 3.40. The van der Waals surface area contributed by atoms with Gasteiger partial charge in [0.05, 0.1) is 4.90 Å². The van der Waals surface area contributed by atoms with Gasteiger partial charge < -0.3 is 5.73 Å². The topological polar surface area (TPSA) is 115 Å². The SMILES string of the molecule is C=CS(=O)(=O)C=C.Nc1cccc(S(=O)(=O)O)c1. The fourth-order valence-electron chi connectivity index (χ4n) is 0.743. The predicted octanol–water partition coefficient (Wildman–Crippen LogP) is 1.20. The van der Waals surface area contributed by atoms with Crippen molar-refractivity contribution in [2.24, 2.45) is 0 Å². The number of hydrogen-bond acceptors (Lipinski definition) is 5. The first kappa shape index (κ1) is 16.4. The third-order valence-electron chi connectivity index (χ3n) is 1.62. The molecule has 0 saturated carbocycles. The van der Waals surface area contributed by atoms with Crippen LogP contribution in [0.15, 0.2) is 53.1 Å². The Morgan fingerprint density at radius 3 is 1.83 bits per heavy atom. The zero-order valence-corrected chi connectivity index (χ0v) is 11.0. The zero-order valence-electron chi connectivity index (χ0n) is 9.35. The van der Waals surface area contributed by atoms with Gasteiger partial charge >= 0.3 is 0 Å². The highest BCUT2D eigenvalue weighted by Crippen LogP contribution is 2.11. The van der Waals surface area contributed by atoms with E-state index in [0.29, 0.717) is 5.69 Å². The Kier molecular flexibility index (Phi) is 5.76. The first-order valence-corrected chi connectivity index (χ1v) is 7.50. The summed E-state index contributed by atoms with van der Waals surface area (Å²) in [7, 11) is -7.23. The van der Waals surface area contributed by atoms with Gasteiger partial charge in [-0.3, -0.25) is 4.55 Å². The van der Waals surface area contributed by atoms with Crippen LogP contribution >= 0.6 is 0 Å². The van der Waals surface area contributed by atoms with Crippen molar-refractivity contribution in [3.05, 3.63) is 48.2 Å². The van der Waals surface area contributed by atoms with Gasteiger partial charge in [0.15, 0.2) is 9.84 Å². The second-order valence-electron chi connectivity index (χ2n) is 2.97. The highest BCUT2D eigenvalue weighted by Gasteiger charge is 2.07. The summed E-state index contributed by atoms with van der Waals surface area (Å²) in [6.07, 6.45) is 0. The maximum absolute atomic E-state index is 10.5. The average molecular weight is 291 g/mol. The summed E-state index contributed by atoms with van der Waals surface area (Å²) in [4.78, 5) is -0.183. The Balaban J connectivity index is 0.000000360. The van der Waals surface area contributed by atoms with Gasteiger partial charge in [-0.05, 0) is 18.2 Å². The second kappa shape index (κ2) is 6.34. The molecule has 6 nitrogen and oxygen atoms in total. The molecular weight excluding hydrogens is 278 g/mol. The molecule has 0 spiro atoms. The predicted molar refractivity (Wildman–Crippen MR) is 70.0 cm³/mol. The molecule has 0 amide bonds. The van der Waals surface area contributed by atoms with Crippen molar-refractivity contribution in [2.45, 2.75) is 4.90 Å². The quantitative estimate of drug-likeness (QED) is 0.639. The first-order chi connectivity index (χ1) is 8.12.